The van der Waals surface area contributed by atoms with Crippen molar-refractivity contribution < 1.29 is 29.0 Å². The van der Waals surface area contributed by atoms with Crippen LogP contribution in [0.15, 0.2) is 48.5 Å². The van der Waals surface area contributed by atoms with E-state index >= 15 is 0 Å². The summed E-state index contributed by atoms with van der Waals surface area (Å²) in [5, 5.41) is 14.6. The Labute approximate surface area is 205 Å². The summed E-state index contributed by atoms with van der Waals surface area (Å²) < 4.78 is 11.3. The van der Waals surface area contributed by atoms with Crippen LogP contribution in [0.1, 0.15) is 50.7 Å². The molecule has 1 saturated heterocycles. The number of hydrogen-bond donors (Lipinski definition) is 3. The molecule has 8 nitrogen and oxygen atoms in total. The number of alkyl carbamates (subject to hydrolysis) is 1. The fourth-order valence-corrected chi connectivity index (χ4v) is 5.10. The van der Waals surface area contributed by atoms with E-state index in [1.807, 2.05) is 57.2 Å². The van der Waals surface area contributed by atoms with Crippen molar-refractivity contribution in [3.05, 3.63) is 59.7 Å². The number of ether oxygens (including phenoxy) is 2. The number of rotatable bonds is 8. The Balaban J connectivity index is 1.41. The first kappa shape index (κ1) is 24.7. The molecule has 2 aromatic carbocycles. The van der Waals surface area contributed by atoms with Gasteiger partial charge in [0.05, 0.1) is 18.2 Å². The number of carboxylic acids is 1. The molecule has 4 rings (SSSR count). The Morgan fingerprint density at radius 3 is 2.11 bits per heavy atom. The summed E-state index contributed by atoms with van der Waals surface area (Å²) in [6, 6.07) is 14.8. The third kappa shape index (κ3) is 5.32. The minimum Gasteiger partial charge on any atom is -0.481 e. The quantitative estimate of drug-likeness (QED) is 0.531. The lowest BCUT2D eigenvalue weighted by Gasteiger charge is -2.24. The normalized spacial score (nSPS) is 23.7. The Hall–Kier alpha value is -3.39. The zero-order chi connectivity index (χ0) is 25.1. The summed E-state index contributed by atoms with van der Waals surface area (Å²) in [6.07, 6.45) is -1.25. The Kier molecular flexibility index (Phi) is 7.40. The van der Waals surface area contributed by atoms with Crippen LogP contribution in [0, 0.1) is 5.92 Å². The van der Waals surface area contributed by atoms with E-state index in [9.17, 15) is 14.4 Å². The second-order valence-electron chi connectivity index (χ2n) is 9.39. The summed E-state index contributed by atoms with van der Waals surface area (Å²) in [4.78, 5) is 36.9. The van der Waals surface area contributed by atoms with Gasteiger partial charge in [0.15, 0.2) is 0 Å². The zero-order valence-corrected chi connectivity index (χ0v) is 20.2. The number of benzene rings is 2. The molecule has 5 unspecified atom stereocenters. The van der Waals surface area contributed by atoms with E-state index in [4.69, 9.17) is 14.6 Å². The zero-order valence-electron chi connectivity index (χ0n) is 20.2. The van der Waals surface area contributed by atoms with Gasteiger partial charge in [-0.2, -0.15) is 0 Å². The average molecular weight is 481 g/mol. The fourth-order valence-electron chi connectivity index (χ4n) is 5.10. The predicted octanol–water partition coefficient (Wildman–Crippen LogP) is 3.69. The smallest absolute Gasteiger partial charge is 0.407 e. The molecule has 0 bridgehead atoms. The molecule has 0 saturated carbocycles. The lowest BCUT2D eigenvalue weighted by Crippen LogP contribution is -2.52. The molecule has 1 heterocycles. The van der Waals surface area contributed by atoms with Gasteiger partial charge in [0.1, 0.15) is 12.6 Å². The van der Waals surface area contributed by atoms with Gasteiger partial charge in [-0.3, -0.25) is 9.59 Å². The molecule has 8 heteroatoms. The van der Waals surface area contributed by atoms with Crippen molar-refractivity contribution in [1.82, 2.24) is 10.6 Å². The third-order valence-electron chi connectivity index (χ3n) is 7.15. The van der Waals surface area contributed by atoms with Gasteiger partial charge in [-0.25, -0.2) is 4.79 Å². The van der Waals surface area contributed by atoms with E-state index in [2.05, 4.69) is 22.8 Å². The van der Waals surface area contributed by atoms with Crippen LogP contribution < -0.4 is 10.6 Å². The maximum Gasteiger partial charge on any atom is 0.407 e. The van der Waals surface area contributed by atoms with Crippen molar-refractivity contribution in [2.45, 2.75) is 63.8 Å². The minimum absolute atomic E-state index is 0.0112. The van der Waals surface area contributed by atoms with E-state index in [1.165, 1.54) is 0 Å². The van der Waals surface area contributed by atoms with E-state index in [0.29, 0.717) is 0 Å². The highest BCUT2D eigenvalue weighted by atomic mass is 16.5. The van der Waals surface area contributed by atoms with E-state index in [1.54, 1.807) is 0 Å². The molecule has 3 N–H and O–H groups in total. The molecule has 5 atom stereocenters. The first-order valence-electron chi connectivity index (χ1n) is 12.1. The number of carboxylic acid groups (broad SMARTS) is 1. The highest BCUT2D eigenvalue weighted by molar-refractivity contribution is 5.86. The lowest BCUT2D eigenvalue weighted by atomic mass is 9.96. The number of nitrogens with one attached hydrogen (secondary N) is 2. The van der Waals surface area contributed by atoms with Crippen LogP contribution in [-0.4, -0.2) is 54.0 Å². The molecular weight excluding hydrogens is 448 g/mol. The molecule has 0 radical (unpaired) electrons. The van der Waals surface area contributed by atoms with Crippen molar-refractivity contribution in [2.75, 3.05) is 6.61 Å². The van der Waals surface area contributed by atoms with Gasteiger partial charge in [-0.05, 0) is 42.5 Å². The lowest BCUT2D eigenvalue weighted by molar-refractivity contribution is -0.137. The van der Waals surface area contributed by atoms with Crippen molar-refractivity contribution in [2.24, 2.45) is 5.92 Å². The van der Waals surface area contributed by atoms with Crippen LogP contribution in [0.3, 0.4) is 0 Å². The van der Waals surface area contributed by atoms with Gasteiger partial charge in [-0.15, -0.1) is 0 Å². The molecule has 35 heavy (non-hydrogen) atoms. The second-order valence-corrected chi connectivity index (χ2v) is 9.39. The number of fused-ring (bicyclic) bond motifs is 3. The number of hydrogen-bond acceptors (Lipinski definition) is 5. The molecule has 2 aromatic rings. The van der Waals surface area contributed by atoms with Crippen LogP contribution in [0.5, 0.6) is 0 Å². The molecule has 2 aliphatic rings. The van der Waals surface area contributed by atoms with Gasteiger partial charge in [0.25, 0.3) is 0 Å². The summed E-state index contributed by atoms with van der Waals surface area (Å²) >= 11 is 0. The highest BCUT2D eigenvalue weighted by Gasteiger charge is 2.39. The van der Waals surface area contributed by atoms with Crippen LogP contribution in [0.25, 0.3) is 11.1 Å². The average Bonchev–Trinajstić information content (AvgIpc) is 3.28. The Morgan fingerprint density at radius 2 is 1.57 bits per heavy atom. The maximum atomic E-state index is 13.0. The molecule has 186 valence electrons. The first-order valence-corrected chi connectivity index (χ1v) is 12.1. The number of aliphatic carboxylic acids is 1. The van der Waals surface area contributed by atoms with Crippen molar-refractivity contribution in [3.8, 4) is 11.1 Å². The van der Waals surface area contributed by atoms with Crippen molar-refractivity contribution in [3.63, 3.8) is 0 Å². The number of amides is 2. The van der Waals surface area contributed by atoms with Crippen LogP contribution in [0.4, 0.5) is 4.79 Å². The maximum absolute atomic E-state index is 13.0. The van der Waals surface area contributed by atoms with Crippen molar-refractivity contribution >= 4 is 18.0 Å². The van der Waals surface area contributed by atoms with Gasteiger partial charge >= 0.3 is 12.1 Å². The van der Waals surface area contributed by atoms with Gasteiger partial charge < -0.3 is 25.2 Å². The minimum atomic E-state index is -1.04. The summed E-state index contributed by atoms with van der Waals surface area (Å²) in [7, 11) is 0. The fraction of sp³-hybridized carbons (Fsp3) is 0.444. The van der Waals surface area contributed by atoms with E-state index < -0.39 is 24.0 Å². The number of carbonyl (C=O) groups is 3. The van der Waals surface area contributed by atoms with Crippen LogP contribution >= 0.6 is 0 Å². The standard InChI is InChI=1S/C27H32N2O6/c1-15-16(2)35-17(3)25(15)29-26(32)23(12-13-24(30)31)28-27(33)34-14-22-20-10-6-4-8-18(20)19-9-5-7-11-21(19)22/h4-11,15-17,22-23,25H,12-14H2,1-3H3,(H,28,33)(H,29,32)(H,30,31). The summed E-state index contributed by atoms with van der Waals surface area (Å²) in [6.45, 7) is 5.93. The van der Waals surface area contributed by atoms with Crippen LogP contribution in [0.2, 0.25) is 0 Å². The molecule has 1 aliphatic carbocycles. The molecule has 0 aromatic heterocycles. The van der Waals surface area contributed by atoms with Crippen molar-refractivity contribution in [1.29, 1.82) is 0 Å². The molecule has 1 aliphatic heterocycles. The molecular formula is C27H32N2O6. The molecule has 1 fully saturated rings. The first-order chi connectivity index (χ1) is 16.8. The Morgan fingerprint density at radius 1 is 0.971 bits per heavy atom. The summed E-state index contributed by atoms with van der Waals surface area (Å²) in [5.74, 6) is -1.51. The Bertz CT molecular complexity index is 1060. The highest BCUT2D eigenvalue weighted by Crippen LogP contribution is 2.44. The topological polar surface area (TPSA) is 114 Å². The molecule has 2 amide bonds. The summed E-state index contributed by atoms with van der Waals surface area (Å²) in [5.41, 5.74) is 4.40. The second kappa shape index (κ2) is 10.5. The monoisotopic (exact) mass is 480 g/mol. The largest absolute Gasteiger partial charge is 0.481 e. The third-order valence-corrected chi connectivity index (χ3v) is 7.15. The number of carbonyl (C=O) groups excluding carboxylic acids is 2. The van der Waals surface area contributed by atoms with Gasteiger partial charge in [0, 0.05) is 18.3 Å². The van der Waals surface area contributed by atoms with Gasteiger partial charge in [-0.1, -0.05) is 55.5 Å². The molecule has 0 spiro atoms. The van der Waals surface area contributed by atoms with E-state index in [0.717, 1.165) is 22.3 Å². The van der Waals surface area contributed by atoms with Gasteiger partial charge in [0.2, 0.25) is 5.91 Å². The predicted molar refractivity (Wildman–Crippen MR) is 130 cm³/mol. The van der Waals surface area contributed by atoms with E-state index in [-0.39, 0.29) is 49.5 Å². The van der Waals surface area contributed by atoms with Crippen LogP contribution in [-0.2, 0) is 19.1 Å². The SMILES string of the molecule is CC1OC(C)C(NC(=O)C(CCC(=O)O)NC(=O)OCC2c3ccccc3-c3ccccc32)C1C.